The third-order valence-corrected chi connectivity index (χ3v) is 4.76. The zero-order valence-electron chi connectivity index (χ0n) is 14.4. The Morgan fingerprint density at radius 2 is 2.17 bits per heavy atom. The first kappa shape index (κ1) is 18.4. The van der Waals surface area contributed by atoms with Crippen molar-refractivity contribution in [3.8, 4) is 5.88 Å². The molecule has 6 heteroatoms. The number of thiophene rings is 1. The number of ether oxygens (including phenoxy) is 2. The van der Waals surface area contributed by atoms with Crippen LogP contribution in [0.2, 0.25) is 0 Å². The minimum Gasteiger partial charge on any atom is -0.474 e. The summed E-state index contributed by atoms with van der Waals surface area (Å²) in [6.07, 6.45) is 4.67. The van der Waals surface area contributed by atoms with Crippen molar-refractivity contribution in [3.05, 3.63) is 39.7 Å². The molecule has 0 unspecified atom stereocenters. The van der Waals surface area contributed by atoms with E-state index in [0.717, 1.165) is 24.1 Å². The van der Waals surface area contributed by atoms with Crippen LogP contribution in [0.15, 0.2) is 24.4 Å². The molecule has 1 amide bonds. The van der Waals surface area contributed by atoms with Crippen molar-refractivity contribution in [1.82, 2.24) is 4.98 Å². The largest absolute Gasteiger partial charge is 0.474 e. The van der Waals surface area contributed by atoms with Gasteiger partial charge in [-0.05, 0) is 36.6 Å². The second kappa shape index (κ2) is 9.39. The first-order valence-corrected chi connectivity index (χ1v) is 9.00. The highest BCUT2D eigenvalue weighted by molar-refractivity contribution is 7.14. The Hall–Kier alpha value is -1.92. The number of aromatic nitrogens is 1. The summed E-state index contributed by atoms with van der Waals surface area (Å²) >= 11 is 1.57. The van der Waals surface area contributed by atoms with Gasteiger partial charge in [-0.1, -0.05) is 20.3 Å². The molecule has 0 spiro atoms. The molecule has 0 bridgehead atoms. The Morgan fingerprint density at radius 1 is 1.33 bits per heavy atom. The maximum atomic E-state index is 12.6. The molecule has 0 saturated heterocycles. The van der Waals surface area contributed by atoms with Gasteiger partial charge in [-0.25, -0.2) is 4.98 Å². The van der Waals surface area contributed by atoms with Crippen molar-refractivity contribution >= 4 is 22.9 Å². The monoisotopic (exact) mass is 348 g/mol. The highest BCUT2D eigenvalue weighted by Crippen LogP contribution is 2.27. The lowest BCUT2D eigenvalue weighted by molar-refractivity contribution is 0.102. The summed E-state index contributed by atoms with van der Waals surface area (Å²) in [5.74, 6) is 0.283. The zero-order chi connectivity index (χ0) is 17.4. The highest BCUT2D eigenvalue weighted by Gasteiger charge is 2.15. The summed E-state index contributed by atoms with van der Waals surface area (Å²) in [4.78, 5) is 18.8. The van der Waals surface area contributed by atoms with Crippen LogP contribution in [0.5, 0.6) is 5.88 Å². The molecular weight excluding hydrogens is 324 g/mol. The molecule has 0 fully saturated rings. The van der Waals surface area contributed by atoms with Crippen molar-refractivity contribution in [2.75, 3.05) is 25.6 Å². The van der Waals surface area contributed by atoms with E-state index in [2.05, 4.69) is 24.1 Å². The first-order valence-electron chi connectivity index (χ1n) is 8.19. The number of aryl methyl sites for hydroxylation is 2. The molecule has 0 aromatic carbocycles. The van der Waals surface area contributed by atoms with Crippen molar-refractivity contribution < 1.29 is 14.3 Å². The lowest BCUT2D eigenvalue weighted by Gasteiger charge is -2.10. The molecule has 0 aliphatic carbocycles. The third-order valence-electron chi connectivity index (χ3n) is 3.52. The predicted molar refractivity (Wildman–Crippen MR) is 97.3 cm³/mol. The summed E-state index contributed by atoms with van der Waals surface area (Å²) in [7, 11) is 1.61. The van der Waals surface area contributed by atoms with Crippen LogP contribution >= 0.6 is 11.3 Å². The van der Waals surface area contributed by atoms with E-state index in [1.165, 1.54) is 10.4 Å². The summed E-state index contributed by atoms with van der Waals surface area (Å²) in [6.45, 7) is 5.12. The van der Waals surface area contributed by atoms with Crippen LogP contribution < -0.4 is 10.1 Å². The van der Waals surface area contributed by atoms with Gasteiger partial charge >= 0.3 is 0 Å². The first-order chi connectivity index (χ1) is 11.7. The van der Waals surface area contributed by atoms with E-state index in [9.17, 15) is 4.79 Å². The Kier molecular flexibility index (Phi) is 7.21. The quantitative estimate of drug-likeness (QED) is 0.697. The van der Waals surface area contributed by atoms with Gasteiger partial charge in [-0.15, -0.1) is 11.3 Å². The van der Waals surface area contributed by atoms with Gasteiger partial charge in [0.15, 0.2) is 0 Å². The van der Waals surface area contributed by atoms with Crippen LogP contribution in [0.25, 0.3) is 0 Å². The van der Waals surface area contributed by atoms with Gasteiger partial charge in [0, 0.05) is 18.2 Å². The Bertz CT molecular complexity index is 670. The maximum Gasteiger partial charge on any atom is 0.265 e. The number of pyridine rings is 1. The molecule has 24 heavy (non-hydrogen) atoms. The van der Waals surface area contributed by atoms with Gasteiger partial charge in [0.2, 0.25) is 5.88 Å². The number of carbonyl (C=O) groups is 1. The molecule has 2 heterocycles. The van der Waals surface area contributed by atoms with Crippen LogP contribution in [-0.2, 0) is 17.6 Å². The molecule has 0 aliphatic rings. The van der Waals surface area contributed by atoms with Crippen LogP contribution in [-0.4, -0.2) is 31.2 Å². The van der Waals surface area contributed by atoms with Crippen LogP contribution in [0, 0.1) is 0 Å². The van der Waals surface area contributed by atoms with E-state index >= 15 is 0 Å². The second-order valence-corrected chi connectivity index (χ2v) is 6.45. The minimum atomic E-state index is -0.123. The molecule has 0 aliphatic heterocycles. The van der Waals surface area contributed by atoms with Gasteiger partial charge in [0.1, 0.15) is 12.3 Å². The maximum absolute atomic E-state index is 12.6. The number of rotatable bonds is 9. The lowest BCUT2D eigenvalue weighted by atomic mass is 10.1. The number of amides is 1. The fourth-order valence-electron chi connectivity index (χ4n) is 2.32. The second-order valence-electron chi connectivity index (χ2n) is 5.31. The smallest absolute Gasteiger partial charge is 0.265 e. The highest BCUT2D eigenvalue weighted by atomic mass is 32.1. The van der Waals surface area contributed by atoms with Crippen LogP contribution in [0.3, 0.4) is 0 Å². The van der Waals surface area contributed by atoms with E-state index in [0.29, 0.717) is 24.8 Å². The van der Waals surface area contributed by atoms with Crippen molar-refractivity contribution in [2.45, 2.75) is 33.1 Å². The average molecular weight is 348 g/mol. The van der Waals surface area contributed by atoms with E-state index in [1.807, 2.05) is 6.07 Å². The molecule has 5 nitrogen and oxygen atoms in total. The Labute approximate surface area is 147 Å². The summed E-state index contributed by atoms with van der Waals surface area (Å²) in [5.41, 5.74) is 1.83. The van der Waals surface area contributed by atoms with Crippen LogP contribution in [0.4, 0.5) is 5.69 Å². The number of nitrogens with zero attached hydrogens (tertiary/aromatic N) is 1. The fourth-order valence-corrected chi connectivity index (χ4v) is 3.57. The standard InChI is InChI=1S/C18H24N2O3S/c1-4-7-15-13(5-2)12-16(24-15)17(21)20-14-8-6-9-19-18(14)23-11-10-22-3/h6,8-9,12H,4-5,7,10-11H2,1-3H3,(H,20,21). The van der Waals surface area contributed by atoms with E-state index < -0.39 is 0 Å². The number of anilines is 1. The zero-order valence-corrected chi connectivity index (χ0v) is 15.2. The SMILES string of the molecule is CCCc1sc(C(=O)Nc2cccnc2OCCOC)cc1CC. The molecule has 0 radical (unpaired) electrons. The van der Waals surface area contributed by atoms with Crippen molar-refractivity contribution in [1.29, 1.82) is 0 Å². The van der Waals surface area contributed by atoms with Gasteiger partial charge in [0.25, 0.3) is 5.91 Å². The van der Waals surface area contributed by atoms with Crippen molar-refractivity contribution in [3.63, 3.8) is 0 Å². The van der Waals surface area contributed by atoms with Gasteiger partial charge in [-0.3, -0.25) is 4.79 Å². The molecule has 1 N–H and O–H groups in total. The summed E-state index contributed by atoms with van der Waals surface area (Å²) in [6, 6.07) is 5.55. The molecule has 2 rings (SSSR count). The fraction of sp³-hybridized carbons (Fsp3) is 0.444. The number of carbonyl (C=O) groups excluding carboxylic acids is 1. The molecule has 0 saturated carbocycles. The van der Waals surface area contributed by atoms with Gasteiger partial charge in [0.05, 0.1) is 11.5 Å². The average Bonchev–Trinajstić information content (AvgIpc) is 3.00. The molecule has 0 atom stereocenters. The predicted octanol–water partition coefficient (Wildman–Crippen LogP) is 3.94. The van der Waals surface area contributed by atoms with Gasteiger partial charge < -0.3 is 14.8 Å². The summed E-state index contributed by atoms with van der Waals surface area (Å²) < 4.78 is 10.5. The number of nitrogens with one attached hydrogen (secondary N) is 1. The molecule has 2 aromatic heterocycles. The van der Waals surface area contributed by atoms with Gasteiger partial charge in [-0.2, -0.15) is 0 Å². The van der Waals surface area contributed by atoms with E-state index in [4.69, 9.17) is 9.47 Å². The van der Waals surface area contributed by atoms with Crippen molar-refractivity contribution in [2.24, 2.45) is 0 Å². The topological polar surface area (TPSA) is 60.5 Å². The molecule has 130 valence electrons. The van der Waals surface area contributed by atoms with Crippen LogP contribution in [0.1, 0.15) is 40.4 Å². The third kappa shape index (κ3) is 4.79. The molecular formula is C18H24N2O3S. The lowest BCUT2D eigenvalue weighted by Crippen LogP contribution is -2.13. The summed E-state index contributed by atoms with van der Waals surface area (Å²) in [5, 5.41) is 2.90. The van der Waals surface area contributed by atoms with E-state index in [-0.39, 0.29) is 5.91 Å². The number of methoxy groups -OCH3 is 1. The molecule has 2 aromatic rings. The Balaban J connectivity index is 2.12. The number of hydrogen-bond donors (Lipinski definition) is 1. The normalized spacial score (nSPS) is 10.6. The Morgan fingerprint density at radius 3 is 2.88 bits per heavy atom. The minimum absolute atomic E-state index is 0.123. The number of hydrogen-bond acceptors (Lipinski definition) is 5. The van der Waals surface area contributed by atoms with E-state index in [1.54, 1.807) is 36.8 Å².